The number of methoxy groups -OCH3 is 3. The first-order chi connectivity index (χ1) is 42.3. The third-order valence-electron chi connectivity index (χ3n) is 13.9. The second-order valence-electron chi connectivity index (χ2n) is 22.1. The molecule has 3 amide bonds. The van der Waals surface area contributed by atoms with Crippen molar-refractivity contribution in [2.45, 2.75) is 126 Å². The van der Waals surface area contributed by atoms with Gasteiger partial charge in [0.25, 0.3) is 0 Å². The molecule has 0 saturated carbocycles. The number of carbonyl (C=O) groups is 4. The fourth-order valence-electron chi connectivity index (χ4n) is 9.12. The summed E-state index contributed by atoms with van der Waals surface area (Å²) in [6.45, 7) is 11.5. The van der Waals surface area contributed by atoms with Gasteiger partial charge in [0.15, 0.2) is 12.2 Å². The molecule has 2 fully saturated rings. The van der Waals surface area contributed by atoms with E-state index in [1.165, 1.54) is 66.3 Å². The lowest BCUT2D eigenvalue weighted by Crippen LogP contribution is -2.52. The van der Waals surface area contributed by atoms with Crippen LogP contribution in [-0.2, 0) is 75.6 Å². The monoisotopic (exact) mass is 1290 g/mol. The molecule has 4 atom stereocenters. The van der Waals surface area contributed by atoms with E-state index in [1.54, 1.807) is 12.1 Å². The standard InChI is InChI=1S/C30H42N2O10S.C29H41N3O9S.C2H6.CH4O/c1-30(2,15-14-28(34)39-4)20-32(43(36,37)25-12-10-23(38-3)11-13-25)17-27(33)26(16-22-8-6-5-7-9-22)31-29(35)42-24-18-40-21-41-19-24;1-29(2,14-13-27(30)34)19-32(42(36,37)24-11-9-22(38-3)10-12-24)16-26(33)25(15-21-7-5-4-6-8-21)31-28(35)41-23-17-39-20-40-18-23;2*1-2/h5-13,24,26-27,33H,14-21H2,1-4H3,(H,31,35);4-12,23,25-26,33H,13-20H2,1-3H3,(H2,30,34)(H,31,35);1-2H3;2H,1H3/t26-,27+;25-,26+;;/m00../s1. The van der Waals surface area contributed by atoms with Crippen LogP contribution in [0.5, 0.6) is 11.5 Å². The van der Waals surface area contributed by atoms with Gasteiger partial charge in [-0.1, -0.05) is 102 Å². The molecule has 6 rings (SSSR count). The van der Waals surface area contributed by atoms with Crippen LogP contribution in [0.4, 0.5) is 9.59 Å². The van der Waals surface area contributed by atoms with Gasteiger partial charge in [-0.05, 0) is 96.2 Å². The van der Waals surface area contributed by atoms with Gasteiger partial charge in [-0.25, -0.2) is 26.4 Å². The van der Waals surface area contributed by atoms with Crippen LogP contribution >= 0.6 is 0 Å². The van der Waals surface area contributed by atoms with Crippen LogP contribution in [0.15, 0.2) is 119 Å². The third-order valence-corrected chi connectivity index (χ3v) is 17.5. The highest BCUT2D eigenvalue weighted by atomic mass is 32.2. The Balaban J connectivity index is 0.000000441. The van der Waals surface area contributed by atoms with Crippen molar-refractivity contribution >= 4 is 44.1 Å². The number of sulfonamides is 2. The SMILES string of the molecule is CC.CO.COC(=O)CCC(C)(C)CN(C[C@@H](O)[C@H](Cc1ccccc1)NC(=O)OC1COCOC1)S(=O)(=O)c1ccc(OC)cc1.COc1ccc(S(=O)(=O)N(C[C@@H](O)[C@H](Cc2ccccc2)NC(=O)OC2COCOC2)CC(C)(C)CCC(N)=O)cc1. The van der Waals surface area contributed by atoms with Gasteiger partial charge in [0.1, 0.15) is 25.1 Å². The number of rotatable bonds is 30. The number of esters is 1. The summed E-state index contributed by atoms with van der Waals surface area (Å²) in [6, 6.07) is 28.4. The fourth-order valence-corrected chi connectivity index (χ4v) is 12.4. The molecule has 4 aromatic rings. The molecule has 0 radical (unpaired) electrons. The number of aliphatic hydroxyl groups is 3. The van der Waals surface area contributed by atoms with Gasteiger partial charge >= 0.3 is 18.2 Å². The molecule has 0 spiro atoms. The van der Waals surface area contributed by atoms with Gasteiger partial charge in [0.05, 0.1) is 81.8 Å². The predicted octanol–water partition coefficient (Wildman–Crippen LogP) is 5.42. The summed E-state index contributed by atoms with van der Waals surface area (Å²) in [5, 5.41) is 35.4. The number of nitrogens with zero attached hydrogens (tertiary/aromatic N) is 2. The van der Waals surface area contributed by atoms with Crippen LogP contribution in [-0.4, -0.2) is 196 Å². The first-order valence-corrected chi connectivity index (χ1v) is 32.0. The summed E-state index contributed by atoms with van der Waals surface area (Å²) in [7, 11) is -3.00. The number of hydrogen-bond acceptors (Lipinski definition) is 20. The van der Waals surface area contributed by atoms with Crippen molar-refractivity contribution in [3.8, 4) is 11.5 Å². The highest BCUT2D eigenvalue weighted by Gasteiger charge is 2.38. The summed E-state index contributed by atoms with van der Waals surface area (Å²) in [4.78, 5) is 49.0. The Kier molecular flexibility index (Phi) is 33.6. The average Bonchev–Trinajstić information content (AvgIpc) is 1.07. The fraction of sp³-hybridized carbons (Fsp3) is 0.548. The molecule has 0 bridgehead atoms. The quantitative estimate of drug-likeness (QED) is 0.0280. The largest absolute Gasteiger partial charge is 0.497 e. The Morgan fingerprint density at radius 3 is 1.22 bits per heavy atom. The predicted molar refractivity (Wildman–Crippen MR) is 330 cm³/mol. The molecule has 0 aliphatic carbocycles. The van der Waals surface area contributed by atoms with Crippen molar-refractivity contribution in [1.82, 2.24) is 19.2 Å². The molecular formula is C62H93N5O20S2. The lowest BCUT2D eigenvalue weighted by molar-refractivity contribution is -0.151. The number of alkyl carbamates (subject to hydrolysis) is 2. The van der Waals surface area contributed by atoms with Gasteiger partial charge < -0.3 is 74.3 Å². The van der Waals surface area contributed by atoms with Crippen molar-refractivity contribution in [3.63, 3.8) is 0 Å². The minimum absolute atomic E-state index is 0.00507. The van der Waals surface area contributed by atoms with E-state index < -0.39 is 91.4 Å². The molecular weight excluding hydrogens is 1200 g/mol. The zero-order chi connectivity index (χ0) is 66.2. The van der Waals surface area contributed by atoms with E-state index in [2.05, 4.69) is 10.6 Å². The maximum Gasteiger partial charge on any atom is 0.407 e. The molecule has 27 heteroatoms. The number of hydrogen-bond donors (Lipinski definition) is 6. The summed E-state index contributed by atoms with van der Waals surface area (Å²) in [6.07, 6.45) is -4.24. The van der Waals surface area contributed by atoms with Crippen LogP contribution in [0.2, 0.25) is 0 Å². The number of carbonyl (C=O) groups excluding carboxylic acids is 4. The van der Waals surface area contributed by atoms with E-state index in [4.69, 9.17) is 53.5 Å². The lowest BCUT2D eigenvalue weighted by Gasteiger charge is -2.35. The van der Waals surface area contributed by atoms with Gasteiger partial charge in [-0.2, -0.15) is 8.61 Å². The maximum atomic E-state index is 13.9. The smallest absolute Gasteiger partial charge is 0.407 e. The lowest BCUT2D eigenvalue weighted by atomic mass is 9.87. The first kappa shape index (κ1) is 76.7. The molecule has 89 heavy (non-hydrogen) atoms. The third kappa shape index (κ3) is 27.2. The van der Waals surface area contributed by atoms with Crippen LogP contribution in [0.3, 0.4) is 0 Å². The zero-order valence-electron chi connectivity index (χ0n) is 52.7. The highest BCUT2D eigenvalue weighted by molar-refractivity contribution is 7.89. The molecule has 2 aliphatic rings. The maximum absolute atomic E-state index is 13.9. The van der Waals surface area contributed by atoms with Crippen LogP contribution in [0, 0.1) is 10.8 Å². The van der Waals surface area contributed by atoms with Gasteiger partial charge in [0.2, 0.25) is 26.0 Å². The second-order valence-corrected chi connectivity index (χ2v) is 26.0. The van der Waals surface area contributed by atoms with E-state index >= 15 is 0 Å². The Morgan fingerprint density at radius 2 is 0.910 bits per heavy atom. The second kappa shape index (κ2) is 38.9. The van der Waals surface area contributed by atoms with E-state index in [0.29, 0.717) is 24.3 Å². The average molecular weight is 1290 g/mol. The van der Waals surface area contributed by atoms with Gasteiger partial charge in [0, 0.05) is 46.1 Å². The minimum atomic E-state index is -4.13. The molecule has 0 unspecified atom stereocenters. The van der Waals surface area contributed by atoms with Gasteiger partial charge in [-0.15, -0.1) is 0 Å². The van der Waals surface area contributed by atoms with E-state index in [-0.39, 0.29) is 102 Å². The van der Waals surface area contributed by atoms with Crippen molar-refractivity contribution in [2.24, 2.45) is 16.6 Å². The summed E-state index contributed by atoms with van der Waals surface area (Å²) < 4.78 is 105. The number of benzene rings is 4. The number of nitrogens with two attached hydrogens (primary N) is 1. The number of amides is 3. The molecule has 25 nitrogen and oxygen atoms in total. The topological polar surface area (TPSA) is 337 Å². The molecule has 7 N–H and O–H groups in total. The van der Waals surface area contributed by atoms with E-state index in [9.17, 15) is 46.2 Å². The molecule has 0 aromatic heterocycles. The number of nitrogens with one attached hydrogen (secondary N) is 2. The Hall–Kier alpha value is -6.50. The van der Waals surface area contributed by atoms with E-state index in [0.717, 1.165) is 18.2 Å². The Labute approximate surface area is 524 Å². The Morgan fingerprint density at radius 1 is 0.573 bits per heavy atom. The first-order valence-electron chi connectivity index (χ1n) is 29.1. The minimum Gasteiger partial charge on any atom is -0.497 e. The molecule has 2 saturated heterocycles. The van der Waals surface area contributed by atoms with Crippen LogP contribution in [0.25, 0.3) is 0 Å². The summed E-state index contributed by atoms with van der Waals surface area (Å²) >= 11 is 0. The zero-order valence-corrected chi connectivity index (χ0v) is 54.4. The molecule has 2 aliphatic heterocycles. The van der Waals surface area contributed by atoms with Crippen molar-refractivity contribution < 1.29 is 94.0 Å². The number of aliphatic hydroxyl groups excluding tert-OH is 3. The number of primary amides is 1. The van der Waals surface area contributed by atoms with Crippen molar-refractivity contribution in [1.29, 1.82) is 0 Å². The molecule has 4 aromatic carbocycles. The summed E-state index contributed by atoms with van der Waals surface area (Å²) in [5.41, 5.74) is 5.65. The molecule has 498 valence electrons. The Bertz CT molecular complexity index is 2920. The number of ether oxygens (including phenoxy) is 9. The summed E-state index contributed by atoms with van der Waals surface area (Å²) in [5.74, 6) is 0.0780. The normalized spacial score (nSPS) is 15.4. The van der Waals surface area contributed by atoms with Crippen LogP contribution < -0.4 is 25.8 Å². The molecule has 2 heterocycles. The van der Waals surface area contributed by atoms with Crippen molar-refractivity contribution in [2.75, 3.05) is 94.6 Å². The van der Waals surface area contributed by atoms with Crippen molar-refractivity contribution in [3.05, 3.63) is 120 Å². The van der Waals surface area contributed by atoms with Crippen LogP contribution in [0.1, 0.15) is 78.4 Å². The highest BCUT2D eigenvalue weighted by Crippen LogP contribution is 2.31. The van der Waals surface area contributed by atoms with Gasteiger partial charge in [-0.3, -0.25) is 9.59 Å². The van der Waals surface area contributed by atoms with E-state index in [1.807, 2.05) is 102 Å².